The van der Waals surface area contributed by atoms with Crippen molar-refractivity contribution in [1.29, 1.82) is 0 Å². The molecule has 1 heterocycles. The van der Waals surface area contributed by atoms with Crippen molar-refractivity contribution >= 4 is 10.2 Å². The standard InChI is InChI=1S/C14H19N3O3S/c1-11(2)17(3)21(18,19)15-10-13-9-14(16-20-13)12-7-5-4-6-8-12/h4-9,11,15H,10H2,1-3H3. The third-order valence-electron chi connectivity index (χ3n) is 3.16. The highest BCUT2D eigenvalue weighted by atomic mass is 32.2. The quantitative estimate of drug-likeness (QED) is 0.885. The molecule has 0 saturated heterocycles. The van der Waals surface area contributed by atoms with Crippen molar-refractivity contribution in [1.82, 2.24) is 14.2 Å². The van der Waals surface area contributed by atoms with E-state index in [4.69, 9.17) is 4.52 Å². The first-order chi connectivity index (χ1) is 9.90. The van der Waals surface area contributed by atoms with Gasteiger partial charge >= 0.3 is 0 Å². The van der Waals surface area contributed by atoms with Gasteiger partial charge in [-0.3, -0.25) is 0 Å². The van der Waals surface area contributed by atoms with Crippen molar-refractivity contribution in [2.24, 2.45) is 0 Å². The summed E-state index contributed by atoms with van der Waals surface area (Å²) >= 11 is 0. The van der Waals surface area contributed by atoms with Gasteiger partial charge in [0.2, 0.25) is 0 Å². The van der Waals surface area contributed by atoms with Gasteiger partial charge in [-0.15, -0.1) is 0 Å². The van der Waals surface area contributed by atoms with Gasteiger partial charge in [0.1, 0.15) is 5.69 Å². The lowest BCUT2D eigenvalue weighted by Gasteiger charge is -2.20. The highest BCUT2D eigenvalue weighted by Crippen LogP contribution is 2.18. The lowest BCUT2D eigenvalue weighted by molar-refractivity contribution is 0.373. The lowest BCUT2D eigenvalue weighted by Crippen LogP contribution is -2.41. The molecule has 0 aliphatic rings. The maximum absolute atomic E-state index is 12.0. The largest absolute Gasteiger partial charge is 0.359 e. The van der Waals surface area contributed by atoms with Crippen LogP contribution in [-0.4, -0.2) is 31.0 Å². The molecule has 2 aromatic rings. The average molecular weight is 309 g/mol. The highest BCUT2D eigenvalue weighted by Gasteiger charge is 2.20. The van der Waals surface area contributed by atoms with Crippen LogP contribution in [-0.2, 0) is 16.8 Å². The molecule has 2 rings (SSSR count). The summed E-state index contributed by atoms with van der Waals surface area (Å²) < 4.78 is 32.9. The molecule has 0 radical (unpaired) electrons. The van der Waals surface area contributed by atoms with Crippen molar-refractivity contribution in [3.05, 3.63) is 42.2 Å². The van der Waals surface area contributed by atoms with Gasteiger partial charge in [0.05, 0.1) is 6.54 Å². The molecule has 6 nitrogen and oxygen atoms in total. The number of benzene rings is 1. The molecular formula is C14H19N3O3S. The molecule has 114 valence electrons. The number of nitrogens with one attached hydrogen (secondary N) is 1. The van der Waals surface area contributed by atoms with Crippen LogP contribution in [0.15, 0.2) is 40.9 Å². The second-order valence-electron chi connectivity index (χ2n) is 4.98. The summed E-state index contributed by atoms with van der Waals surface area (Å²) in [6, 6.07) is 11.2. The van der Waals surface area contributed by atoms with Crippen LogP contribution in [0.4, 0.5) is 0 Å². The third-order valence-corrected chi connectivity index (χ3v) is 4.85. The van der Waals surface area contributed by atoms with Crippen LogP contribution in [0.2, 0.25) is 0 Å². The summed E-state index contributed by atoms with van der Waals surface area (Å²) in [7, 11) is -1.99. The van der Waals surface area contributed by atoms with Gasteiger partial charge in [0.15, 0.2) is 5.76 Å². The average Bonchev–Trinajstić information content (AvgIpc) is 2.94. The summed E-state index contributed by atoms with van der Waals surface area (Å²) in [5, 5.41) is 3.94. The van der Waals surface area contributed by atoms with E-state index in [0.717, 1.165) is 5.56 Å². The summed E-state index contributed by atoms with van der Waals surface area (Å²) in [5.41, 5.74) is 1.61. The SMILES string of the molecule is CC(C)N(C)S(=O)(=O)NCc1cc(-c2ccccc2)no1. The topological polar surface area (TPSA) is 75.4 Å². The fourth-order valence-corrected chi connectivity index (χ4v) is 2.77. The second-order valence-corrected chi connectivity index (χ2v) is 6.80. The summed E-state index contributed by atoms with van der Waals surface area (Å²) in [6.07, 6.45) is 0. The Labute approximate surface area is 124 Å². The maximum Gasteiger partial charge on any atom is 0.279 e. The summed E-state index contributed by atoms with van der Waals surface area (Å²) in [4.78, 5) is 0. The zero-order valence-corrected chi connectivity index (χ0v) is 13.1. The van der Waals surface area contributed by atoms with E-state index in [2.05, 4.69) is 9.88 Å². The molecule has 0 aliphatic carbocycles. The summed E-state index contributed by atoms with van der Waals surface area (Å²) in [6.45, 7) is 3.68. The van der Waals surface area contributed by atoms with Crippen LogP contribution in [0.3, 0.4) is 0 Å². The zero-order valence-electron chi connectivity index (χ0n) is 12.3. The molecule has 0 unspecified atom stereocenters. The molecule has 0 spiro atoms. The Kier molecular flexibility index (Phi) is 4.76. The van der Waals surface area contributed by atoms with E-state index in [1.807, 2.05) is 30.3 Å². The van der Waals surface area contributed by atoms with Crippen molar-refractivity contribution in [2.45, 2.75) is 26.4 Å². The number of rotatable bonds is 6. The van der Waals surface area contributed by atoms with Crippen molar-refractivity contribution in [3.63, 3.8) is 0 Å². The first-order valence-electron chi connectivity index (χ1n) is 6.64. The number of hydrogen-bond acceptors (Lipinski definition) is 4. The molecule has 21 heavy (non-hydrogen) atoms. The monoisotopic (exact) mass is 309 g/mol. The van der Waals surface area contributed by atoms with Crippen molar-refractivity contribution < 1.29 is 12.9 Å². The number of hydrogen-bond donors (Lipinski definition) is 1. The third kappa shape index (κ3) is 3.90. The van der Waals surface area contributed by atoms with Gasteiger partial charge < -0.3 is 4.52 Å². The van der Waals surface area contributed by atoms with E-state index < -0.39 is 10.2 Å². The Bertz CT molecular complexity index is 680. The van der Waals surface area contributed by atoms with Gasteiger partial charge in [-0.1, -0.05) is 35.5 Å². The van der Waals surface area contributed by atoms with Crippen LogP contribution in [0.25, 0.3) is 11.3 Å². The van der Waals surface area contributed by atoms with Crippen molar-refractivity contribution in [3.8, 4) is 11.3 Å². The van der Waals surface area contributed by atoms with Crippen LogP contribution in [0.5, 0.6) is 0 Å². The van der Waals surface area contributed by atoms with E-state index in [1.54, 1.807) is 19.9 Å². The van der Waals surface area contributed by atoms with Gasteiger partial charge in [0.25, 0.3) is 10.2 Å². The molecule has 0 atom stereocenters. The Hall–Kier alpha value is -1.70. The second kappa shape index (κ2) is 6.38. The molecule has 7 heteroatoms. The van der Waals surface area contributed by atoms with Gasteiger partial charge in [-0.05, 0) is 13.8 Å². The minimum atomic E-state index is -3.52. The Morgan fingerprint density at radius 2 is 1.95 bits per heavy atom. The van der Waals surface area contributed by atoms with Gasteiger partial charge in [-0.2, -0.15) is 17.4 Å². The maximum atomic E-state index is 12.0. The minimum absolute atomic E-state index is 0.0687. The smallest absolute Gasteiger partial charge is 0.279 e. The fraction of sp³-hybridized carbons (Fsp3) is 0.357. The minimum Gasteiger partial charge on any atom is -0.359 e. The molecule has 0 aliphatic heterocycles. The van der Waals surface area contributed by atoms with E-state index in [9.17, 15) is 8.42 Å². The fourth-order valence-electron chi connectivity index (χ4n) is 1.68. The molecule has 0 saturated carbocycles. The highest BCUT2D eigenvalue weighted by molar-refractivity contribution is 7.87. The molecule has 0 fully saturated rings. The molecule has 0 amide bonds. The van der Waals surface area contributed by atoms with E-state index >= 15 is 0 Å². The number of aromatic nitrogens is 1. The van der Waals surface area contributed by atoms with Gasteiger partial charge in [0, 0.05) is 24.7 Å². The first-order valence-corrected chi connectivity index (χ1v) is 8.08. The van der Waals surface area contributed by atoms with Crippen molar-refractivity contribution in [2.75, 3.05) is 7.05 Å². The molecule has 0 bridgehead atoms. The molecule has 1 aromatic heterocycles. The predicted octanol–water partition coefficient (Wildman–Crippen LogP) is 2.02. The Balaban J connectivity index is 2.04. The van der Waals surface area contributed by atoms with Crippen LogP contribution < -0.4 is 4.72 Å². The number of nitrogens with zero attached hydrogens (tertiary/aromatic N) is 2. The van der Waals surface area contributed by atoms with E-state index in [-0.39, 0.29) is 12.6 Å². The first kappa shape index (κ1) is 15.7. The normalized spacial score (nSPS) is 12.2. The molecular weight excluding hydrogens is 290 g/mol. The predicted molar refractivity (Wildman–Crippen MR) is 80.6 cm³/mol. The zero-order chi connectivity index (χ0) is 15.5. The summed E-state index contributed by atoms with van der Waals surface area (Å²) in [5.74, 6) is 0.467. The van der Waals surface area contributed by atoms with Gasteiger partial charge in [-0.25, -0.2) is 0 Å². The van der Waals surface area contributed by atoms with Crippen LogP contribution >= 0.6 is 0 Å². The van der Waals surface area contributed by atoms with Crippen LogP contribution in [0.1, 0.15) is 19.6 Å². The Morgan fingerprint density at radius 3 is 2.57 bits per heavy atom. The lowest BCUT2D eigenvalue weighted by atomic mass is 10.1. The Morgan fingerprint density at radius 1 is 1.29 bits per heavy atom. The van der Waals surface area contributed by atoms with E-state index in [0.29, 0.717) is 11.5 Å². The molecule has 1 N–H and O–H groups in total. The van der Waals surface area contributed by atoms with E-state index in [1.165, 1.54) is 11.4 Å². The van der Waals surface area contributed by atoms with Crippen LogP contribution in [0, 0.1) is 0 Å². The molecule has 1 aromatic carbocycles.